The second-order valence-corrected chi connectivity index (χ2v) is 2.90. The maximum absolute atomic E-state index is 12.9. The molecule has 0 bridgehead atoms. The Morgan fingerprint density at radius 1 is 1.27 bits per heavy atom. The predicted octanol–water partition coefficient (Wildman–Crippen LogP) is 3.37. The number of hydrogen-bond acceptors (Lipinski definition) is 1. The van der Waals surface area contributed by atoms with Crippen LogP contribution in [0.2, 0.25) is 0 Å². The van der Waals surface area contributed by atoms with Crippen LogP contribution in [0.5, 0.6) is 5.75 Å². The minimum Gasteiger partial charge on any atom is -0.425 e. The van der Waals surface area contributed by atoms with E-state index in [1.165, 1.54) is 13.0 Å². The molecule has 1 nitrogen and oxygen atoms in total. The fourth-order valence-corrected chi connectivity index (χ4v) is 0.880. The highest BCUT2D eigenvalue weighted by atomic mass is 19.3. The molecule has 0 aliphatic carbocycles. The SMILES string of the molecule is Cc1ccc(F)c(OC(F)(F)C(F)F)c1. The molecular formula is C9H7F5O. The maximum Gasteiger partial charge on any atom is 0.461 e. The van der Waals surface area contributed by atoms with Gasteiger partial charge < -0.3 is 4.74 Å². The predicted molar refractivity (Wildman–Crippen MR) is 42.7 cm³/mol. The monoisotopic (exact) mass is 226 g/mol. The molecule has 0 heterocycles. The minimum absolute atomic E-state index is 0.427. The average molecular weight is 226 g/mol. The number of hydrogen-bond donors (Lipinski definition) is 0. The molecule has 0 atom stereocenters. The first kappa shape index (κ1) is 11.7. The first-order valence-corrected chi connectivity index (χ1v) is 3.94. The summed E-state index contributed by atoms with van der Waals surface area (Å²) in [5.74, 6) is -2.00. The highest BCUT2D eigenvalue weighted by Crippen LogP contribution is 2.29. The third-order valence-electron chi connectivity index (χ3n) is 1.59. The lowest BCUT2D eigenvalue weighted by Gasteiger charge is -2.17. The van der Waals surface area contributed by atoms with Crippen LogP contribution in [0, 0.1) is 12.7 Å². The molecule has 0 aliphatic heterocycles. The summed E-state index contributed by atoms with van der Waals surface area (Å²) in [7, 11) is 0. The third-order valence-corrected chi connectivity index (χ3v) is 1.59. The molecule has 0 aromatic heterocycles. The maximum atomic E-state index is 12.9. The molecule has 0 N–H and O–H groups in total. The Balaban J connectivity index is 2.94. The first-order chi connectivity index (χ1) is 6.83. The zero-order valence-corrected chi connectivity index (χ0v) is 7.61. The average Bonchev–Trinajstić information content (AvgIpc) is 2.10. The van der Waals surface area contributed by atoms with Crippen molar-refractivity contribution in [2.45, 2.75) is 19.5 Å². The number of aryl methyl sites for hydroxylation is 1. The molecule has 1 aromatic rings. The summed E-state index contributed by atoms with van der Waals surface area (Å²) in [4.78, 5) is 0. The second-order valence-electron chi connectivity index (χ2n) is 2.90. The van der Waals surface area contributed by atoms with Crippen LogP contribution < -0.4 is 4.74 Å². The van der Waals surface area contributed by atoms with Gasteiger partial charge in [0.05, 0.1) is 0 Å². The van der Waals surface area contributed by atoms with Crippen molar-refractivity contribution < 1.29 is 26.7 Å². The largest absolute Gasteiger partial charge is 0.461 e. The Bertz CT molecular complexity index is 350. The number of rotatable bonds is 3. The van der Waals surface area contributed by atoms with Crippen LogP contribution in [0.1, 0.15) is 5.56 Å². The zero-order valence-electron chi connectivity index (χ0n) is 7.61. The lowest BCUT2D eigenvalue weighted by molar-refractivity contribution is -0.254. The molecule has 84 valence electrons. The van der Waals surface area contributed by atoms with E-state index < -0.39 is 24.1 Å². The normalized spacial score (nSPS) is 11.9. The summed E-state index contributed by atoms with van der Waals surface area (Å²) >= 11 is 0. The number of benzene rings is 1. The second kappa shape index (κ2) is 4.04. The molecule has 15 heavy (non-hydrogen) atoms. The smallest absolute Gasteiger partial charge is 0.425 e. The molecule has 1 rings (SSSR count). The number of alkyl halides is 4. The summed E-state index contributed by atoms with van der Waals surface area (Å²) in [6, 6.07) is 3.10. The minimum atomic E-state index is -4.69. The van der Waals surface area contributed by atoms with Gasteiger partial charge in [-0.25, -0.2) is 4.39 Å². The van der Waals surface area contributed by atoms with Gasteiger partial charge in [0.1, 0.15) is 0 Å². The Morgan fingerprint density at radius 3 is 2.40 bits per heavy atom. The van der Waals surface area contributed by atoms with Gasteiger partial charge in [-0.2, -0.15) is 17.6 Å². The van der Waals surface area contributed by atoms with Crippen LogP contribution >= 0.6 is 0 Å². The number of halogens is 5. The van der Waals surface area contributed by atoms with Crippen molar-refractivity contribution >= 4 is 0 Å². The van der Waals surface area contributed by atoms with Gasteiger partial charge in [0.15, 0.2) is 11.6 Å². The van der Waals surface area contributed by atoms with E-state index in [2.05, 4.69) is 4.74 Å². The van der Waals surface area contributed by atoms with Crippen molar-refractivity contribution in [3.63, 3.8) is 0 Å². The lowest BCUT2D eigenvalue weighted by Crippen LogP contribution is -2.33. The molecule has 0 radical (unpaired) electrons. The van der Waals surface area contributed by atoms with Crippen LogP contribution in [0.15, 0.2) is 18.2 Å². The Morgan fingerprint density at radius 2 is 1.87 bits per heavy atom. The summed E-state index contributed by atoms with van der Waals surface area (Å²) in [6.45, 7) is 1.49. The third kappa shape index (κ3) is 2.81. The highest BCUT2D eigenvalue weighted by Gasteiger charge is 2.44. The van der Waals surface area contributed by atoms with Crippen molar-refractivity contribution in [2.24, 2.45) is 0 Å². The van der Waals surface area contributed by atoms with Crippen LogP contribution in [0.3, 0.4) is 0 Å². The Labute approximate surface area is 82.5 Å². The molecule has 0 fully saturated rings. The molecule has 0 amide bonds. The van der Waals surface area contributed by atoms with Crippen LogP contribution in [-0.2, 0) is 0 Å². The molecule has 1 aromatic carbocycles. The molecule has 0 unspecified atom stereocenters. The van der Waals surface area contributed by atoms with E-state index >= 15 is 0 Å². The summed E-state index contributed by atoms with van der Waals surface area (Å²) in [6.07, 6.45) is -8.69. The van der Waals surface area contributed by atoms with Gasteiger partial charge in [0, 0.05) is 0 Å². The van der Waals surface area contributed by atoms with E-state index in [0.717, 1.165) is 12.1 Å². The standard InChI is InChI=1S/C9H7F5O/c1-5-2-3-6(10)7(4-5)15-9(13,14)8(11)12/h2-4,8H,1H3. The Hall–Kier alpha value is -1.33. The van der Waals surface area contributed by atoms with Crippen molar-refractivity contribution in [2.75, 3.05) is 0 Å². The molecule has 0 saturated heterocycles. The van der Waals surface area contributed by atoms with Crippen molar-refractivity contribution in [1.29, 1.82) is 0 Å². The molecule has 6 heteroatoms. The summed E-state index contributed by atoms with van der Waals surface area (Å²) in [5, 5.41) is 0. The summed E-state index contributed by atoms with van der Waals surface area (Å²) < 4.78 is 64.8. The fourth-order valence-electron chi connectivity index (χ4n) is 0.880. The van der Waals surface area contributed by atoms with E-state index in [0.29, 0.717) is 5.56 Å². The van der Waals surface area contributed by atoms with Gasteiger partial charge in [0.2, 0.25) is 0 Å². The molecule has 0 spiro atoms. The van der Waals surface area contributed by atoms with Crippen LogP contribution in [0.25, 0.3) is 0 Å². The van der Waals surface area contributed by atoms with E-state index in [-0.39, 0.29) is 0 Å². The number of ether oxygens (including phenoxy) is 1. The van der Waals surface area contributed by atoms with Crippen LogP contribution in [-0.4, -0.2) is 12.5 Å². The van der Waals surface area contributed by atoms with Crippen molar-refractivity contribution in [1.82, 2.24) is 0 Å². The van der Waals surface area contributed by atoms with Gasteiger partial charge >= 0.3 is 12.5 Å². The first-order valence-electron chi connectivity index (χ1n) is 3.94. The molecule has 0 saturated carbocycles. The van der Waals surface area contributed by atoms with E-state index in [1.54, 1.807) is 0 Å². The van der Waals surface area contributed by atoms with Gasteiger partial charge in [-0.15, -0.1) is 0 Å². The van der Waals surface area contributed by atoms with Gasteiger partial charge in [-0.05, 0) is 24.6 Å². The lowest BCUT2D eigenvalue weighted by atomic mass is 10.2. The van der Waals surface area contributed by atoms with Gasteiger partial charge in [-0.3, -0.25) is 0 Å². The van der Waals surface area contributed by atoms with E-state index in [9.17, 15) is 22.0 Å². The van der Waals surface area contributed by atoms with E-state index in [1.807, 2.05) is 0 Å². The molecule has 0 aliphatic rings. The zero-order chi connectivity index (χ0) is 11.6. The van der Waals surface area contributed by atoms with Crippen LogP contribution in [0.4, 0.5) is 22.0 Å². The summed E-state index contributed by atoms with van der Waals surface area (Å²) in [5.41, 5.74) is 0.427. The van der Waals surface area contributed by atoms with Crippen molar-refractivity contribution in [3.8, 4) is 5.75 Å². The Kier molecular flexibility index (Phi) is 3.16. The highest BCUT2D eigenvalue weighted by molar-refractivity contribution is 5.29. The topological polar surface area (TPSA) is 9.23 Å². The van der Waals surface area contributed by atoms with Crippen molar-refractivity contribution in [3.05, 3.63) is 29.6 Å². The van der Waals surface area contributed by atoms with Gasteiger partial charge in [-0.1, -0.05) is 6.07 Å². The van der Waals surface area contributed by atoms with Gasteiger partial charge in [0.25, 0.3) is 0 Å². The molecular weight excluding hydrogens is 219 g/mol. The fraction of sp³-hybridized carbons (Fsp3) is 0.333. The quantitative estimate of drug-likeness (QED) is 0.718. The van der Waals surface area contributed by atoms with E-state index in [4.69, 9.17) is 0 Å².